The molecule has 22 heavy (non-hydrogen) atoms. The smallest absolute Gasteiger partial charge is 0.338 e. The SMILES string of the molecule is NC(=O)[C@@H]1CCCN(C(=O)COC(=O)c2ccc(Br)cc2)C1. The highest BCUT2D eigenvalue weighted by Gasteiger charge is 2.27. The van der Waals surface area contributed by atoms with Crippen molar-refractivity contribution in [1.82, 2.24) is 4.90 Å². The van der Waals surface area contributed by atoms with Crippen molar-refractivity contribution in [3.63, 3.8) is 0 Å². The van der Waals surface area contributed by atoms with E-state index < -0.39 is 11.9 Å². The minimum absolute atomic E-state index is 0.296. The van der Waals surface area contributed by atoms with Gasteiger partial charge in [0.2, 0.25) is 5.91 Å². The van der Waals surface area contributed by atoms with Crippen molar-refractivity contribution in [3.05, 3.63) is 34.3 Å². The molecule has 1 aromatic rings. The molecule has 1 aliphatic heterocycles. The van der Waals surface area contributed by atoms with E-state index >= 15 is 0 Å². The first-order valence-electron chi connectivity index (χ1n) is 6.97. The molecule has 0 aromatic heterocycles. The number of rotatable bonds is 4. The van der Waals surface area contributed by atoms with Crippen LogP contribution in [0.25, 0.3) is 0 Å². The molecular formula is C15H17BrN2O4. The van der Waals surface area contributed by atoms with Crippen molar-refractivity contribution in [2.45, 2.75) is 12.8 Å². The summed E-state index contributed by atoms with van der Waals surface area (Å²) in [5, 5.41) is 0. The van der Waals surface area contributed by atoms with Gasteiger partial charge in [-0.15, -0.1) is 0 Å². The predicted octanol–water partition coefficient (Wildman–Crippen LogP) is 1.33. The maximum atomic E-state index is 12.0. The molecule has 6 nitrogen and oxygen atoms in total. The van der Waals surface area contributed by atoms with Gasteiger partial charge in [-0.3, -0.25) is 9.59 Å². The summed E-state index contributed by atoms with van der Waals surface area (Å²) in [6.45, 7) is 0.517. The number of ether oxygens (including phenoxy) is 1. The summed E-state index contributed by atoms with van der Waals surface area (Å²) in [7, 11) is 0. The fourth-order valence-electron chi connectivity index (χ4n) is 2.32. The van der Waals surface area contributed by atoms with Gasteiger partial charge >= 0.3 is 5.97 Å². The van der Waals surface area contributed by atoms with Gasteiger partial charge in [0.15, 0.2) is 6.61 Å². The molecule has 0 saturated carbocycles. The molecule has 2 amide bonds. The largest absolute Gasteiger partial charge is 0.452 e. The molecule has 7 heteroatoms. The molecule has 0 radical (unpaired) electrons. The number of benzene rings is 1. The lowest BCUT2D eigenvalue weighted by atomic mass is 9.97. The van der Waals surface area contributed by atoms with Gasteiger partial charge in [-0.25, -0.2) is 4.79 Å². The number of halogens is 1. The Morgan fingerprint density at radius 2 is 1.95 bits per heavy atom. The number of nitrogens with zero attached hydrogens (tertiary/aromatic N) is 1. The second-order valence-electron chi connectivity index (χ2n) is 5.16. The fraction of sp³-hybridized carbons (Fsp3) is 0.400. The van der Waals surface area contributed by atoms with E-state index in [-0.39, 0.29) is 18.4 Å². The molecule has 0 spiro atoms. The quantitative estimate of drug-likeness (QED) is 0.811. The molecule has 0 aliphatic carbocycles. The van der Waals surface area contributed by atoms with E-state index in [1.807, 2.05) is 0 Å². The molecule has 1 atom stereocenters. The van der Waals surface area contributed by atoms with Crippen molar-refractivity contribution >= 4 is 33.7 Å². The second kappa shape index (κ2) is 7.40. The summed E-state index contributed by atoms with van der Waals surface area (Å²) >= 11 is 3.28. The molecule has 1 saturated heterocycles. The molecule has 2 N–H and O–H groups in total. The lowest BCUT2D eigenvalue weighted by molar-refractivity contribution is -0.137. The minimum Gasteiger partial charge on any atom is -0.452 e. The Morgan fingerprint density at radius 3 is 2.59 bits per heavy atom. The maximum Gasteiger partial charge on any atom is 0.338 e. The van der Waals surface area contributed by atoms with Crippen LogP contribution >= 0.6 is 15.9 Å². The third-order valence-electron chi connectivity index (χ3n) is 3.58. The van der Waals surface area contributed by atoms with Crippen LogP contribution < -0.4 is 5.73 Å². The number of hydrogen-bond acceptors (Lipinski definition) is 4. The third-order valence-corrected chi connectivity index (χ3v) is 4.11. The van der Waals surface area contributed by atoms with Crippen molar-refractivity contribution < 1.29 is 19.1 Å². The van der Waals surface area contributed by atoms with Crippen LogP contribution in [-0.2, 0) is 14.3 Å². The highest BCUT2D eigenvalue weighted by atomic mass is 79.9. The summed E-state index contributed by atoms with van der Waals surface area (Å²) < 4.78 is 5.87. The number of hydrogen-bond donors (Lipinski definition) is 1. The van der Waals surface area contributed by atoms with E-state index in [1.165, 1.54) is 4.90 Å². The highest BCUT2D eigenvalue weighted by Crippen LogP contribution is 2.16. The minimum atomic E-state index is -0.552. The Hall–Kier alpha value is -1.89. The van der Waals surface area contributed by atoms with Crippen LogP contribution in [-0.4, -0.2) is 42.4 Å². The topological polar surface area (TPSA) is 89.7 Å². The zero-order valence-electron chi connectivity index (χ0n) is 12.0. The lowest BCUT2D eigenvalue weighted by Gasteiger charge is -2.31. The molecule has 118 valence electrons. The van der Waals surface area contributed by atoms with Gasteiger partial charge in [0.1, 0.15) is 0 Å². The van der Waals surface area contributed by atoms with Crippen molar-refractivity contribution in [1.29, 1.82) is 0 Å². The van der Waals surface area contributed by atoms with Gasteiger partial charge in [0, 0.05) is 17.6 Å². The Labute approximate surface area is 136 Å². The van der Waals surface area contributed by atoms with Gasteiger partial charge in [-0.1, -0.05) is 15.9 Å². The number of likely N-dealkylation sites (tertiary alicyclic amines) is 1. The van der Waals surface area contributed by atoms with Crippen LogP contribution in [0.3, 0.4) is 0 Å². The van der Waals surface area contributed by atoms with Crippen LogP contribution in [0, 0.1) is 5.92 Å². The molecule has 1 heterocycles. The Morgan fingerprint density at radius 1 is 1.27 bits per heavy atom. The van der Waals surface area contributed by atoms with Gasteiger partial charge in [-0.2, -0.15) is 0 Å². The highest BCUT2D eigenvalue weighted by molar-refractivity contribution is 9.10. The first kappa shape index (κ1) is 16.5. The Bertz CT molecular complexity index is 573. The summed E-state index contributed by atoms with van der Waals surface area (Å²) in [5.41, 5.74) is 5.65. The van der Waals surface area contributed by atoms with Crippen LogP contribution in [0.5, 0.6) is 0 Å². The Balaban J connectivity index is 1.85. The monoisotopic (exact) mass is 368 g/mol. The number of nitrogens with two attached hydrogens (primary N) is 1. The molecule has 0 unspecified atom stereocenters. The van der Waals surface area contributed by atoms with E-state index in [0.717, 1.165) is 10.9 Å². The molecule has 1 aromatic carbocycles. The van der Waals surface area contributed by atoms with Crippen LogP contribution in [0.2, 0.25) is 0 Å². The third kappa shape index (κ3) is 4.30. The molecule has 1 fully saturated rings. The van der Waals surface area contributed by atoms with E-state index in [2.05, 4.69) is 15.9 Å². The average Bonchev–Trinajstić information content (AvgIpc) is 2.53. The van der Waals surface area contributed by atoms with Crippen molar-refractivity contribution in [2.24, 2.45) is 11.7 Å². The average molecular weight is 369 g/mol. The second-order valence-corrected chi connectivity index (χ2v) is 6.08. The zero-order chi connectivity index (χ0) is 16.1. The zero-order valence-corrected chi connectivity index (χ0v) is 13.5. The van der Waals surface area contributed by atoms with Gasteiger partial charge in [-0.05, 0) is 37.1 Å². The Kier molecular flexibility index (Phi) is 5.54. The molecule has 2 rings (SSSR count). The van der Waals surface area contributed by atoms with Gasteiger partial charge in [0.25, 0.3) is 5.91 Å². The number of esters is 1. The van der Waals surface area contributed by atoms with E-state index in [4.69, 9.17) is 10.5 Å². The van der Waals surface area contributed by atoms with Crippen LogP contribution in [0.15, 0.2) is 28.7 Å². The fourth-order valence-corrected chi connectivity index (χ4v) is 2.59. The first-order chi connectivity index (χ1) is 10.5. The predicted molar refractivity (Wildman–Crippen MR) is 82.9 cm³/mol. The van der Waals surface area contributed by atoms with E-state index in [1.54, 1.807) is 24.3 Å². The summed E-state index contributed by atoms with van der Waals surface area (Å²) in [5.74, 6) is -1.58. The van der Waals surface area contributed by atoms with Crippen LogP contribution in [0.1, 0.15) is 23.2 Å². The normalized spacial score (nSPS) is 17.9. The summed E-state index contributed by atoms with van der Waals surface area (Å²) in [6.07, 6.45) is 1.41. The number of primary amides is 1. The summed E-state index contributed by atoms with van der Waals surface area (Å²) in [4.78, 5) is 36.6. The van der Waals surface area contributed by atoms with E-state index in [9.17, 15) is 14.4 Å². The molecule has 0 bridgehead atoms. The van der Waals surface area contributed by atoms with Gasteiger partial charge < -0.3 is 15.4 Å². The molecule has 1 aliphatic rings. The van der Waals surface area contributed by atoms with Crippen LogP contribution in [0.4, 0.5) is 0 Å². The van der Waals surface area contributed by atoms with Gasteiger partial charge in [0.05, 0.1) is 11.5 Å². The summed E-state index contributed by atoms with van der Waals surface area (Å²) in [6, 6.07) is 6.67. The number of carbonyl (C=O) groups excluding carboxylic acids is 3. The number of amides is 2. The number of carbonyl (C=O) groups is 3. The number of piperidine rings is 1. The van der Waals surface area contributed by atoms with E-state index in [0.29, 0.717) is 25.1 Å². The van der Waals surface area contributed by atoms with Crippen molar-refractivity contribution in [2.75, 3.05) is 19.7 Å². The first-order valence-corrected chi connectivity index (χ1v) is 7.76. The lowest BCUT2D eigenvalue weighted by Crippen LogP contribution is -2.45. The standard InChI is InChI=1S/C15H17BrN2O4/c16-12-5-3-10(4-6-12)15(21)22-9-13(19)18-7-1-2-11(8-18)14(17)20/h3-6,11H,1-2,7-9H2,(H2,17,20)/t11-/m1/s1. The molecular weight excluding hydrogens is 352 g/mol. The maximum absolute atomic E-state index is 12.0. The van der Waals surface area contributed by atoms with Crippen molar-refractivity contribution in [3.8, 4) is 0 Å².